The molecule has 0 bridgehead atoms. The summed E-state index contributed by atoms with van der Waals surface area (Å²) in [6, 6.07) is 6.96. The van der Waals surface area contributed by atoms with E-state index in [1.807, 2.05) is 0 Å². The Hall–Kier alpha value is -1.57. The largest absolute Gasteiger partial charge is 0.495 e. The molecule has 0 aliphatic heterocycles. The van der Waals surface area contributed by atoms with E-state index in [1.165, 1.54) is 19.2 Å². The normalized spacial score (nSPS) is 11.3. The molecule has 0 saturated carbocycles. The van der Waals surface area contributed by atoms with E-state index < -0.39 is 15.8 Å². The van der Waals surface area contributed by atoms with E-state index in [0.29, 0.717) is 9.21 Å². The Morgan fingerprint density at radius 1 is 1.33 bits per heavy atom. The Morgan fingerprint density at radius 3 is 2.57 bits per heavy atom. The predicted molar refractivity (Wildman–Crippen MR) is 80.2 cm³/mol. The molecule has 2 rings (SSSR count). The minimum absolute atomic E-state index is 0.112. The van der Waals surface area contributed by atoms with E-state index in [0.717, 1.165) is 17.4 Å². The van der Waals surface area contributed by atoms with Crippen LogP contribution in [0.3, 0.4) is 0 Å². The second-order valence-electron chi connectivity index (χ2n) is 4.14. The fraction of sp³-hybridized carbons (Fsp3) is 0.154. The molecule has 0 aliphatic rings. The van der Waals surface area contributed by atoms with Gasteiger partial charge >= 0.3 is 5.97 Å². The highest BCUT2D eigenvalue weighted by atomic mass is 35.5. The van der Waals surface area contributed by atoms with Gasteiger partial charge in [0, 0.05) is 4.88 Å². The van der Waals surface area contributed by atoms with Crippen LogP contribution < -0.4 is 4.74 Å². The van der Waals surface area contributed by atoms with Crippen LogP contribution in [-0.4, -0.2) is 26.6 Å². The van der Waals surface area contributed by atoms with Gasteiger partial charge < -0.3 is 9.84 Å². The number of hydrogen-bond acceptors (Lipinski definition) is 5. The monoisotopic (exact) mass is 346 g/mol. The van der Waals surface area contributed by atoms with Crippen molar-refractivity contribution in [3.05, 3.63) is 45.1 Å². The number of aromatic carboxylic acids is 1. The lowest BCUT2D eigenvalue weighted by atomic mass is 10.2. The van der Waals surface area contributed by atoms with Gasteiger partial charge in [-0.3, -0.25) is 0 Å². The molecule has 0 fully saturated rings. The second kappa shape index (κ2) is 6.05. The maximum atomic E-state index is 12.5. The number of carbonyl (C=O) groups is 1. The van der Waals surface area contributed by atoms with Gasteiger partial charge in [0.2, 0.25) is 0 Å². The molecule has 5 nitrogen and oxygen atoms in total. The number of thiophene rings is 1. The maximum absolute atomic E-state index is 12.5. The van der Waals surface area contributed by atoms with Gasteiger partial charge in [0.1, 0.15) is 10.6 Å². The lowest BCUT2D eigenvalue weighted by Gasteiger charge is -2.09. The van der Waals surface area contributed by atoms with Gasteiger partial charge in [-0.2, -0.15) is 0 Å². The van der Waals surface area contributed by atoms with Gasteiger partial charge in [-0.15, -0.1) is 11.3 Å². The first-order valence-corrected chi connectivity index (χ1v) is 8.56. The van der Waals surface area contributed by atoms with E-state index in [2.05, 4.69) is 0 Å². The Bertz CT molecular complexity index is 780. The first kappa shape index (κ1) is 15.8. The molecular formula is C13H11ClO5S2. The first-order valence-electron chi connectivity index (χ1n) is 5.72. The minimum atomic E-state index is -3.74. The van der Waals surface area contributed by atoms with E-state index in [4.69, 9.17) is 21.4 Å². The summed E-state index contributed by atoms with van der Waals surface area (Å²) in [6.07, 6.45) is 0. The molecule has 2 aromatic rings. The molecule has 0 amide bonds. The van der Waals surface area contributed by atoms with Crippen LogP contribution in [0, 0.1) is 0 Å². The third kappa shape index (κ3) is 3.55. The summed E-state index contributed by atoms with van der Waals surface area (Å²) in [4.78, 5) is 11.4. The van der Waals surface area contributed by atoms with E-state index >= 15 is 0 Å². The average molecular weight is 347 g/mol. The van der Waals surface area contributed by atoms with Crippen molar-refractivity contribution in [2.45, 2.75) is 10.6 Å². The van der Waals surface area contributed by atoms with Crippen LogP contribution in [0.1, 0.15) is 15.2 Å². The van der Waals surface area contributed by atoms with E-state index in [1.54, 1.807) is 12.1 Å². The van der Waals surface area contributed by atoms with Gasteiger partial charge in [-0.05, 0) is 30.3 Å². The number of methoxy groups -OCH3 is 1. The second-order valence-corrected chi connectivity index (χ2v) is 7.89. The van der Waals surface area contributed by atoms with Crippen LogP contribution >= 0.6 is 22.9 Å². The Kier molecular flexibility index (Phi) is 4.55. The smallest absolute Gasteiger partial charge is 0.335 e. The summed E-state index contributed by atoms with van der Waals surface area (Å²) >= 11 is 6.94. The molecule has 0 spiro atoms. The van der Waals surface area contributed by atoms with Crippen LogP contribution in [0.4, 0.5) is 0 Å². The SMILES string of the molecule is COc1ccc(C(=O)O)cc1S(=O)(=O)Cc1ccc(Cl)s1. The summed E-state index contributed by atoms with van der Waals surface area (Å²) < 4.78 is 30.4. The van der Waals surface area contributed by atoms with Crippen molar-refractivity contribution in [3.8, 4) is 5.75 Å². The van der Waals surface area contributed by atoms with E-state index in [-0.39, 0.29) is 22.0 Å². The molecule has 21 heavy (non-hydrogen) atoms. The molecule has 0 saturated heterocycles. The molecule has 0 atom stereocenters. The highest BCUT2D eigenvalue weighted by Gasteiger charge is 2.23. The molecule has 1 aromatic carbocycles. The highest BCUT2D eigenvalue weighted by Crippen LogP contribution is 2.30. The third-order valence-corrected chi connectivity index (χ3v) is 5.80. The van der Waals surface area contributed by atoms with Crippen molar-refractivity contribution in [3.63, 3.8) is 0 Å². The standard InChI is InChI=1S/C13H11ClO5S2/c1-19-10-4-2-8(13(15)16)6-11(10)21(17,18)7-9-3-5-12(14)20-9/h2-6H,7H2,1H3,(H,15,16). The van der Waals surface area contributed by atoms with Crippen molar-refractivity contribution in [1.82, 2.24) is 0 Å². The molecule has 8 heteroatoms. The molecule has 0 unspecified atom stereocenters. The summed E-state index contributed by atoms with van der Waals surface area (Å²) in [5.41, 5.74) is -0.112. The Morgan fingerprint density at radius 2 is 2.05 bits per heavy atom. The van der Waals surface area contributed by atoms with E-state index in [9.17, 15) is 13.2 Å². The first-order chi connectivity index (χ1) is 9.83. The zero-order valence-corrected chi connectivity index (χ0v) is 13.3. The number of carboxylic acids is 1. The average Bonchev–Trinajstić information content (AvgIpc) is 2.82. The van der Waals surface area contributed by atoms with Gasteiger partial charge in [0.25, 0.3) is 0 Å². The van der Waals surface area contributed by atoms with Crippen molar-refractivity contribution in [1.29, 1.82) is 0 Å². The Balaban J connectivity index is 2.47. The van der Waals surface area contributed by atoms with Crippen LogP contribution in [0.5, 0.6) is 5.75 Å². The van der Waals surface area contributed by atoms with Crippen molar-refractivity contribution >= 4 is 38.7 Å². The van der Waals surface area contributed by atoms with Crippen LogP contribution in [0.15, 0.2) is 35.2 Å². The summed E-state index contributed by atoms with van der Waals surface area (Å²) in [7, 11) is -2.41. The zero-order chi connectivity index (χ0) is 15.6. The molecule has 1 aromatic heterocycles. The fourth-order valence-electron chi connectivity index (χ4n) is 1.75. The Labute approximate surface area is 130 Å². The van der Waals surface area contributed by atoms with Gasteiger partial charge in [0.15, 0.2) is 9.84 Å². The molecule has 0 radical (unpaired) electrons. The molecule has 1 heterocycles. The quantitative estimate of drug-likeness (QED) is 0.899. The van der Waals surface area contributed by atoms with Gasteiger partial charge in [-0.25, -0.2) is 13.2 Å². The molecule has 0 aliphatic carbocycles. The summed E-state index contributed by atoms with van der Waals surface area (Å²) in [6.45, 7) is 0. The molecular weight excluding hydrogens is 336 g/mol. The highest BCUT2D eigenvalue weighted by molar-refractivity contribution is 7.90. The molecule has 112 valence electrons. The van der Waals surface area contributed by atoms with Crippen molar-refractivity contribution < 1.29 is 23.1 Å². The minimum Gasteiger partial charge on any atom is -0.495 e. The number of carboxylic acid groups (broad SMARTS) is 1. The lowest BCUT2D eigenvalue weighted by molar-refractivity contribution is 0.0696. The van der Waals surface area contributed by atoms with Gasteiger partial charge in [-0.1, -0.05) is 11.6 Å². The summed E-state index contributed by atoms with van der Waals surface area (Å²) in [5.74, 6) is -1.35. The summed E-state index contributed by atoms with van der Waals surface area (Å²) in [5, 5.41) is 8.98. The van der Waals surface area contributed by atoms with Crippen molar-refractivity contribution in [2.24, 2.45) is 0 Å². The number of benzene rings is 1. The third-order valence-electron chi connectivity index (χ3n) is 2.71. The van der Waals surface area contributed by atoms with Crippen molar-refractivity contribution in [2.75, 3.05) is 7.11 Å². The number of rotatable bonds is 5. The zero-order valence-electron chi connectivity index (χ0n) is 10.9. The van der Waals surface area contributed by atoms with Crippen LogP contribution in [0.2, 0.25) is 4.34 Å². The predicted octanol–water partition coefficient (Wildman–Crippen LogP) is 3.08. The topological polar surface area (TPSA) is 80.7 Å². The number of ether oxygens (including phenoxy) is 1. The van der Waals surface area contributed by atoms with Gasteiger partial charge in [0.05, 0.1) is 22.8 Å². The fourth-order valence-corrected chi connectivity index (χ4v) is 4.72. The van der Waals surface area contributed by atoms with Crippen LogP contribution in [-0.2, 0) is 15.6 Å². The lowest BCUT2D eigenvalue weighted by Crippen LogP contribution is -2.08. The number of sulfone groups is 1. The molecule has 1 N–H and O–H groups in total. The number of hydrogen-bond donors (Lipinski definition) is 1. The number of halogens is 1. The maximum Gasteiger partial charge on any atom is 0.335 e. The van der Waals surface area contributed by atoms with Crippen LogP contribution in [0.25, 0.3) is 0 Å².